The van der Waals surface area contributed by atoms with Crippen molar-refractivity contribution in [2.45, 2.75) is 32.7 Å². The van der Waals surface area contributed by atoms with Crippen molar-refractivity contribution in [1.82, 2.24) is 4.90 Å². The van der Waals surface area contributed by atoms with E-state index in [1.165, 1.54) is 5.56 Å². The molecule has 4 heteroatoms. The van der Waals surface area contributed by atoms with E-state index in [1.54, 1.807) is 0 Å². The van der Waals surface area contributed by atoms with Gasteiger partial charge in [0.15, 0.2) is 0 Å². The number of guanidine groups is 1. The Morgan fingerprint density at radius 1 is 1.42 bits per heavy atom. The Bertz CT molecular complexity index is 492. The lowest BCUT2D eigenvalue weighted by Gasteiger charge is -2.29. The topological polar surface area (TPSA) is 18.8 Å². The first-order valence-electron chi connectivity index (χ1n) is 7.06. The highest BCUT2D eigenvalue weighted by Gasteiger charge is 2.37. The van der Waals surface area contributed by atoms with E-state index in [-0.39, 0.29) is 0 Å². The van der Waals surface area contributed by atoms with Crippen molar-refractivity contribution in [2.24, 2.45) is 4.99 Å². The van der Waals surface area contributed by atoms with E-state index in [0.29, 0.717) is 6.04 Å². The third-order valence-corrected chi connectivity index (χ3v) is 4.38. The zero-order valence-corrected chi connectivity index (χ0v) is 12.3. The number of aryl methyl sites for hydroxylation is 1. The van der Waals surface area contributed by atoms with Gasteiger partial charge in [0.25, 0.3) is 0 Å². The number of para-hydroxylation sites is 1. The summed E-state index contributed by atoms with van der Waals surface area (Å²) in [6, 6.07) is 6.66. The van der Waals surface area contributed by atoms with E-state index in [2.05, 4.69) is 29.7 Å². The van der Waals surface area contributed by atoms with Gasteiger partial charge in [-0.15, -0.1) is 0 Å². The average Bonchev–Trinajstić information content (AvgIpc) is 2.78. The number of rotatable bonds is 2. The molecule has 0 amide bonds. The summed E-state index contributed by atoms with van der Waals surface area (Å²) in [4.78, 5) is 9.50. The molecular formula is C15H20ClN3. The van der Waals surface area contributed by atoms with Gasteiger partial charge in [-0.2, -0.15) is 0 Å². The van der Waals surface area contributed by atoms with Crippen LogP contribution in [0.15, 0.2) is 23.2 Å². The van der Waals surface area contributed by atoms with Crippen molar-refractivity contribution in [3.05, 3.63) is 28.8 Å². The highest BCUT2D eigenvalue weighted by Crippen LogP contribution is 2.34. The van der Waals surface area contributed by atoms with Gasteiger partial charge in [0.2, 0.25) is 5.96 Å². The molecule has 1 aromatic carbocycles. The molecular weight excluding hydrogens is 258 g/mol. The summed E-state index contributed by atoms with van der Waals surface area (Å²) in [5.74, 6) is 1.12. The molecule has 3 nitrogen and oxygen atoms in total. The molecule has 3 rings (SSSR count). The summed E-state index contributed by atoms with van der Waals surface area (Å²) < 4.78 is 0. The molecule has 19 heavy (non-hydrogen) atoms. The molecule has 2 aliphatic heterocycles. The van der Waals surface area contributed by atoms with Crippen LogP contribution in [0.2, 0.25) is 5.02 Å². The van der Waals surface area contributed by atoms with Gasteiger partial charge >= 0.3 is 0 Å². The predicted octanol–water partition coefficient (Wildman–Crippen LogP) is 3.31. The largest absolute Gasteiger partial charge is 0.338 e. The minimum atomic E-state index is 0.565. The monoisotopic (exact) mass is 277 g/mol. The zero-order valence-electron chi connectivity index (χ0n) is 11.6. The van der Waals surface area contributed by atoms with Crippen LogP contribution >= 0.6 is 11.6 Å². The number of benzene rings is 1. The molecule has 0 radical (unpaired) electrons. The zero-order chi connectivity index (χ0) is 13.4. The Hall–Kier alpha value is -1.22. The normalized spacial score (nSPS) is 22.5. The summed E-state index contributed by atoms with van der Waals surface area (Å²) in [5, 5.41) is 0.824. The highest BCUT2D eigenvalue weighted by molar-refractivity contribution is 6.34. The van der Waals surface area contributed by atoms with Crippen molar-refractivity contribution < 1.29 is 0 Å². The minimum Gasteiger partial charge on any atom is -0.338 e. The van der Waals surface area contributed by atoms with Crippen LogP contribution < -0.4 is 4.90 Å². The van der Waals surface area contributed by atoms with E-state index >= 15 is 0 Å². The van der Waals surface area contributed by atoms with Crippen molar-refractivity contribution in [2.75, 3.05) is 24.5 Å². The number of aliphatic imine (C=N–C) groups is 1. The van der Waals surface area contributed by atoms with Gasteiger partial charge in [0.1, 0.15) is 0 Å². The summed E-state index contributed by atoms with van der Waals surface area (Å²) in [6.45, 7) is 7.42. The summed E-state index contributed by atoms with van der Waals surface area (Å²) in [6.07, 6.45) is 2.31. The summed E-state index contributed by atoms with van der Waals surface area (Å²) in [5.41, 5.74) is 2.35. The van der Waals surface area contributed by atoms with Gasteiger partial charge in [0.05, 0.1) is 10.7 Å². The number of hydrogen-bond donors (Lipinski definition) is 0. The Labute approximate surface area is 119 Å². The quantitative estimate of drug-likeness (QED) is 0.826. The molecule has 1 atom stereocenters. The standard InChI is InChI=1S/C15H20ClN3/c1-3-12-10-19(15-17-8-5-9-18(12)15)14-11(2)6-4-7-13(14)16/h4,6-7,12H,3,5,8-10H2,1-2H3. The Morgan fingerprint density at radius 2 is 2.26 bits per heavy atom. The van der Waals surface area contributed by atoms with Crippen molar-refractivity contribution in [3.63, 3.8) is 0 Å². The van der Waals surface area contributed by atoms with Crippen LogP contribution in [0.25, 0.3) is 0 Å². The third kappa shape index (κ3) is 2.10. The van der Waals surface area contributed by atoms with E-state index in [9.17, 15) is 0 Å². The number of hydrogen-bond acceptors (Lipinski definition) is 3. The van der Waals surface area contributed by atoms with E-state index in [0.717, 1.165) is 49.1 Å². The lowest BCUT2D eigenvalue weighted by Crippen LogP contribution is -2.40. The lowest BCUT2D eigenvalue weighted by atomic mass is 10.1. The van der Waals surface area contributed by atoms with Crippen LogP contribution in [0.1, 0.15) is 25.3 Å². The van der Waals surface area contributed by atoms with Crippen LogP contribution in [-0.2, 0) is 0 Å². The molecule has 0 N–H and O–H groups in total. The Kier molecular flexibility index (Phi) is 3.40. The van der Waals surface area contributed by atoms with Crippen molar-refractivity contribution in [3.8, 4) is 0 Å². The first-order valence-corrected chi connectivity index (χ1v) is 7.44. The summed E-state index contributed by atoms with van der Waals surface area (Å²) in [7, 11) is 0. The van der Waals surface area contributed by atoms with Gasteiger partial charge in [-0.25, -0.2) is 0 Å². The predicted molar refractivity (Wildman–Crippen MR) is 81.2 cm³/mol. The van der Waals surface area contributed by atoms with Gasteiger partial charge in [-0.3, -0.25) is 4.99 Å². The third-order valence-electron chi connectivity index (χ3n) is 4.07. The van der Waals surface area contributed by atoms with Gasteiger partial charge in [0, 0.05) is 25.7 Å². The van der Waals surface area contributed by atoms with Gasteiger partial charge in [-0.1, -0.05) is 30.7 Å². The van der Waals surface area contributed by atoms with E-state index in [4.69, 9.17) is 16.6 Å². The van der Waals surface area contributed by atoms with E-state index in [1.807, 2.05) is 12.1 Å². The molecule has 0 saturated carbocycles. The second kappa shape index (κ2) is 5.04. The maximum absolute atomic E-state index is 6.42. The molecule has 0 spiro atoms. The molecule has 1 saturated heterocycles. The average molecular weight is 278 g/mol. The second-order valence-corrected chi connectivity index (χ2v) is 5.71. The SMILES string of the molecule is CCC1CN(c2c(C)cccc2Cl)C2=NCCCN21. The van der Waals surface area contributed by atoms with Crippen LogP contribution in [0.5, 0.6) is 0 Å². The van der Waals surface area contributed by atoms with Crippen LogP contribution in [-0.4, -0.2) is 36.5 Å². The number of fused-ring (bicyclic) bond motifs is 1. The molecule has 1 fully saturated rings. The molecule has 2 heterocycles. The smallest absolute Gasteiger partial charge is 0.201 e. The number of nitrogens with zero attached hydrogens (tertiary/aromatic N) is 3. The maximum Gasteiger partial charge on any atom is 0.201 e. The molecule has 0 bridgehead atoms. The minimum absolute atomic E-state index is 0.565. The Morgan fingerprint density at radius 3 is 3.00 bits per heavy atom. The van der Waals surface area contributed by atoms with Gasteiger partial charge < -0.3 is 9.80 Å². The fourth-order valence-electron chi connectivity index (χ4n) is 3.09. The van der Waals surface area contributed by atoms with Crippen molar-refractivity contribution in [1.29, 1.82) is 0 Å². The molecule has 1 aromatic rings. The summed E-state index contributed by atoms with van der Waals surface area (Å²) >= 11 is 6.42. The molecule has 102 valence electrons. The van der Waals surface area contributed by atoms with Crippen LogP contribution in [0, 0.1) is 6.92 Å². The van der Waals surface area contributed by atoms with Crippen molar-refractivity contribution >= 4 is 23.2 Å². The molecule has 2 aliphatic rings. The van der Waals surface area contributed by atoms with Gasteiger partial charge in [-0.05, 0) is 31.4 Å². The fraction of sp³-hybridized carbons (Fsp3) is 0.533. The molecule has 0 aliphatic carbocycles. The second-order valence-electron chi connectivity index (χ2n) is 5.31. The fourth-order valence-corrected chi connectivity index (χ4v) is 3.42. The number of halogens is 1. The lowest BCUT2D eigenvalue weighted by molar-refractivity contribution is 0.327. The Balaban J connectivity index is 2.03. The first-order chi connectivity index (χ1) is 9.22. The molecule has 1 unspecified atom stereocenters. The molecule has 0 aromatic heterocycles. The van der Waals surface area contributed by atoms with Crippen LogP contribution in [0.3, 0.4) is 0 Å². The maximum atomic E-state index is 6.42. The van der Waals surface area contributed by atoms with Crippen LogP contribution in [0.4, 0.5) is 5.69 Å². The number of anilines is 1. The van der Waals surface area contributed by atoms with E-state index < -0.39 is 0 Å². The first kappa shape index (κ1) is 12.8. The highest BCUT2D eigenvalue weighted by atomic mass is 35.5.